The van der Waals surface area contributed by atoms with Crippen LogP contribution in [0.25, 0.3) is 0 Å². The first kappa shape index (κ1) is 14.9. The number of nitrogens with one attached hydrogen (secondary N) is 1. The zero-order valence-electron chi connectivity index (χ0n) is 11.9. The van der Waals surface area contributed by atoms with Gasteiger partial charge in [-0.2, -0.15) is 0 Å². The number of nitrogen functional groups attached to an aromatic ring is 1. The largest absolute Gasteiger partial charge is 0.371 e. The lowest BCUT2D eigenvalue weighted by molar-refractivity contribution is 0.0533. The Kier molecular flexibility index (Phi) is 5.04. The van der Waals surface area contributed by atoms with Crippen LogP contribution in [0.5, 0.6) is 0 Å². The number of hydrazine groups is 1. The molecule has 1 aromatic heterocycles. The van der Waals surface area contributed by atoms with Gasteiger partial charge in [0.2, 0.25) is 0 Å². The molecular formula is C13H24N4O. The van der Waals surface area contributed by atoms with E-state index in [-0.39, 0.29) is 11.5 Å². The quantitative estimate of drug-likeness (QED) is 0.622. The molecule has 0 radical (unpaired) electrons. The second-order valence-electron chi connectivity index (χ2n) is 5.24. The predicted octanol–water partition coefficient (Wildman–Crippen LogP) is 2.55. The van der Waals surface area contributed by atoms with Gasteiger partial charge in [-0.1, -0.05) is 27.7 Å². The number of ether oxygens (including phenoxy) is 1. The summed E-state index contributed by atoms with van der Waals surface area (Å²) in [6.45, 7) is 11.0. The van der Waals surface area contributed by atoms with Gasteiger partial charge in [-0.3, -0.25) is 0 Å². The maximum Gasteiger partial charge on any atom is 0.159 e. The summed E-state index contributed by atoms with van der Waals surface area (Å²) in [7, 11) is 0. The highest BCUT2D eigenvalue weighted by Crippen LogP contribution is 2.25. The van der Waals surface area contributed by atoms with Gasteiger partial charge >= 0.3 is 0 Å². The van der Waals surface area contributed by atoms with Gasteiger partial charge in [0.25, 0.3) is 0 Å². The van der Waals surface area contributed by atoms with Gasteiger partial charge in [0.05, 0.1) is 5.69 Å². The standard InChI is InChI=1S/C13H24N4O/c1-6-9(18-7-2)12-15-10(13(3,4)5)8-11(16-12)17-14/h8-9H,6-7,14H2,1-5H3,(H,15,16,17). The van der Waals surface area contributed by atoms with Crippen LogP contribution in [-0.2, 0) is 10.2 Å². The summed E-state index contributed by atoms with van der Waals surface area (Å²) < 4.78 is 5.65. The van der Waals surface area contributed by atoms with Gasteiger partial charge in [-0.15, -0.1) is 0 Å². The highest BCUT2D eigenvalue weighted by atomic mass is 16.5. The Balaban J connectivity index is 3.18. The molecule has 1 rings (SSSR count). The summed E-state index contributed by atoms with van der Waals surface area (Å²) in [6.07, 6.45) is 0.759. The van der Waals surface area contributed by atoms with Crippen molar-refractivity contribution in [1.29, 1.82) is 0 Å². The lowest BCUT2D eigenvalue weighted by Gasteiger charge is -2.21. The van der Waals surface area contributed by atoms with Gasteiger partial charge in [-0.05, 0) is 13.3 Å². The van der Waals surface area contributed by atoms with Crippen LogP contribution in [0.1, 0.15) is 58.7 Å². The maximum absolute atomic E-state index is 5.65. The van der Waals surface area contributed by atoms with E-state index in [1.807, 2.05) is 13.0 Å². The van der Waals surface area contributed by atoms with Crippen molar-refractivity contribution in [1.82, 2.24) is 9.97 Å². The van der Waals surface area contributed by atoms with Gasteiger partial charge in [0.1, 0.15) is 11.9 Å². The van der Waals surface area contributed by atoms with E-state index >= 15 is 0 Å². The summed E-state index contributed by atoms with van der Waals surface area (Å²) in [5.41, 5.74) is 3.50. The molecular weight excluding hydrogens is 228 g/mol. The number of nitrogens with zero attached hydrogens (tertiary/aromatic N) is 2. The number of hydrogen-bond donors (Lipinski definition) is 2. The highest BCUT2D eigenvalue weighted by Gasteiger charge is 2.21. The molecule has 102 valence electrons. The van der Waals surface area contributed by atoms with Crippen molar-refractivity contribution in [2.75, 3.05) is 12.0 Å². The van der Waals surface area contributed by atoms with Crippen LogP contribution < -0.4 is 11.3 Å². The van der Waals surface area contributed by atoms with Crippen molar-refractivity contribution in [2.45, 2.75) is 52.6 Å². The van der Waals surface area contributed by atoms with E-state index in [1.165, 1.54) is 0 Å². The van der Waals surface area contributed by atoms with Crippen molar-refractivity contribution in [3.63, 3.8) is 0 Å². The van der Waals surface area contributed by atoms with Crippen LogP contribution in [-0.4, -0.2) is 16.6 Å². The van der Waals surface area contributed by atoms with Gasteiger partial charge < -0.3 is 10.2 Å². The number of rotatable bonds is 5. The molecule has 1 heterocycles. The van der Waals surface area contributed by atoms with Gasteiger partial charge in [0.15, 0.2) is 5.82 Å². The van der Waals surface area contributed by atoms with Crippen molar-refractivity contribution >= 4 is 5.82 Å². The Morgan fingerprint density at radius 1 is 1.33 bits per heavy atom. The van der Waals surface area contributed by atoms with E-state index in [9.17, 15) is 0 Å². The van der Waals surface area contributed by atoms with E-state index in [0.717, 1.165) is 12.1 Å². The van der Waals surface area contributed by atoms with Crippen molar-refractivity contribution < 1.29 is 4.74 Å². The molecule has 0 fully saturated rings. The number of hydrogen-bond acceptors (Lipinski definition) is 5. The summed E-state index contributed by atoms with van der Waals surface area (Å²) in [4.78, 5) is 8.99. The molecule has 0 spiro atoms. The van der Waals surface area contributed by atoms with Crippen LogP contribution in [0.3, 0.4) is 0 Å². The molecule has 0 bridgehead atoms. The molecule has 1 aromatic rings. The molecule has 5 nitrogen and oxygen atoms in total. The van der Waals surface area contributed by atoms with E-state index in [0.29, 0.717) is 18.2 Å². The molecule has 3 N–H and O–H groups in total. The monoisotopic (exact) mass is 252 g/mol. The van der Waals surface area contributed by atoms with Gasteiger partial charge in [0, 0.05) is 18.1 Å². The number of anilines is 1. The second-order valence-corrected chi connectivity index (χ2v) is 5.24. The minimum absolute atomic E-state index is 0.0478. The third-order valence-electron chi connectivity index (χ3n) is 2.69. The molecule has 0 amide bonds. The molecule has 18 heavy (non-hydrogen) atoms. The second kappa shape index (κ2) is 6.11. The molecule has 0 aliphatic carbocycles. The smallest absolute Gasteiger partial charge is 0.159 e. The van der Waals surface area contributed by atoms with Crippen LogP contribution in [0.15, 0.2) is 6.07 Å². The SMILES string of the molecule is CCOC(CC)c1nc(NN)cc(C(C)(C)C)n1. The summed E-state index contributed by atoms with van der Waals surface area (Å²) in [6, 6.07) is 1.88. The fourth-order valence-corrected chi connectivity index (χ4v) is 1.64. The van der Waals surface area contributed by atoms with Crippen molar-refractivity contribution in [2.24, 2.45) is 5.84 Å². The molecule has 0 saturated carbocycles. The van der Waals surface area contributed by atoms with Crippen LogP contribution in [0, 0.1) is 0 Å². The number of nitrogens with two attached hydrogens (primary N) is 1. The number of aromatic nitrogens is 2. The van der Waals surface area contributed by atoms with Crippen molar-refractivity contribution in [3.05, 3.63) is 17.6 Å². The Labute approximate surface area is 109 Å². The first-order chi connectivity index (χ1) is 8.42. The van der Waals surface area contributed by atoms with E-state index in [4.69, 9.17) is 10.6 Å². The fraction of sp³-hybridized carbons (Fsp3) is 0.692. The van der Waals surface area contributed by atoms with E-state index in [2.05, 4.69) is 43.1 Å². The van der Waals surface area contributed by atoms with E-state index in [1.54, 1.807) is 0 Å². The predicted molar refractivity (Wildman–Crippen MR) is 73.2 cm³/mol. The first-order valence-electron chi connectivity index (χ1n) is 6.40. The third-order valence-corrected chi connectivity index (χ3v) is 2.69. The first-order valence-corrected chi connectivity index (χ1v) is 6.40. The molecule has 5 heteroatoms. The lowest BCUT2D eigenvalue weighted by atomic mass is 9.92. The van der Waals surface area contributed by atoms with Gasteiger partial charge in [-0.25, -0.2) is 15.8 Å². The van der Waals surface area contributed by atoms with Crippen LogP contribution in [0.2, 0.25) is 0 Å². The average molecular weight is 252 g/mol. The minimum atomic E-state index is -0.0793. The Hall–Kier alpha value is -1.20. The molecule has 0 aliphatic rings. The Morgan fingerprint density at radius 2 is 2.00 bits per heavy atom. The molecule has 0 aromatic carbocycles. The lowest BCUT2D eigenvalue weighted by Crippen LogP contribution is -2.20. The zero-order valence-corrected chi connectivity index (χ0v) is 11.9. The molecule has 1 unspecified atom stereocenters. The summed E-state index contributed by atoms with van der Waals surface area (Å²) >= 11 is 0. The summed E-state index contributed by atoms with van der Waals surface area (Å²) in [5.74, 6) is 6.79. The normalized spacial score (nSPS) is 13.4. The summed E-state index contributed by atoms with van der Waals surface area (Å²) in [5, 5.41) is 0. The van der Waals surface area contributed by atoms with Crippen LogP contribution in [0.4, 0.5) is 5.82 Å². The average Bonchev–Trinajstić information content (AvgIpc) is 2.34. The molecule has 1 atom stereocenters. The Morgan fingerprint density at radius 3 is 2.44 bits per heavy atom. The third kappa shape index (κ3) is 3.65. The molecule has 0 saturated heterocycles. The highest BCUT2D eigenvalue weighted by molar-refractivity contribution is 5.36. The van der Waals surface area contributed by atoms with Crippen LogP contribution >= 0.6 is 0 Å². The maximum atomic E-state index is 5.65. The Bertz CT molecular complexity index is 387. The fourth-order valence-electron chi connectivity index (χ4n) is 1.64. The van der Waals surface area contributed by atoms with E-state index < -0.39 is 0 Å². The minimum Gasteiger partial charge on any atom is -0.371 e. The topological polar surface area (TPSA) is 73.1 Å². The zero-order chi connectivity index (χ0) is 13.8. The van der Waals surface area contributed by atoms with Crippen molar-refractivity contribution in [3.8, 4) is 0 Å². The molecule has 0 aliphatic heterocycles.